The van der Waals surface area contributed by atoms with Crippen LogP contribution < -0.4 is 4.74 Å². The minimum atomic E-state index is -0.516. The molecule has 18 heavy (non-hydrogen) atoms. The number of hydrogen-bond donors (Lipinski definition) is 1. The first-order chi connectivity index (χ1) is 8.69. The Morgan fingerprint density at radius 2 is 2.11 bits per heavy atom. The van der Waals surface area contributed by atoms with E-state index in [9.17, 15) is 5.11 Å². The molecule has 0 fully saturated rings. The number of aliphatic hydroxyl groups excluding tert-OH is 1. The Hall–Kier alpha value is -1.87. The average Bonchev–Trinajstić information content (AvgIpc) is 2.39. The fourth-order valence-corrected chi connectivity index (χ4v) is 1.69. The number of aromatic nitrogens is 1. The van der Waals surface area contributed by atoms with Gasteiger partial charge in [0, 0.05) is 12.3 Å². The van der Waals surface area contributed by atoms with Crippen LogP contribution in [-0.2, 0) is 6.42 Å². The summed E-state index contributed by atoms with van der Waals surface area (Å²) in [6, 6.07) is 11.5. The van der Waals surface area contributed by atoms with Gasteiger partial charge in [0.15, 0.2) is 0 Å². The van der Waals surface area contributed by atoms with Gasteiger partial charge in [0.2, 0.25) is 5.88 Å². The largest absolute Gasteiger partial charge is 0.439 e. The van der Waals surface area contributed by atoms with E-state index in [1.807, 2.05) is 18.2 Å². The van der Waals surface area contributed by atoms with Gasteiger partial charge in [-0.2, -0.15) is 0 Å². The molecule has 3 nitrogen and oxygen atoms in total. The number of aryl methyl sites for hydroxylation is 1. The zero-order valence-electron chi connectivity index (χ0n) is 10.6. The fourth-order valence-electron chi connectivity index (χ4n) is 1.69. The van der Waals surface area contributed by atoms with Crippen molar-refractivity contribution in [3.05, 3.63) is 53.7 Å². The predicted octanol–water partition coefficient (Wildman–Crippen LogP) is 3.49. The second-order valence-corrected chi connectivity index (χ2v) is 4.21. The van der Waals surface area contributed by atoms with E-state index < -0.39 is 6.10 Å². The van der Waals surface area contributed by atoms with Crippen molar-refractivity contribution in [3.63, 3.8) is 0 Å². The van der Waals surface area contributed by atoms with Gasteiger partial charge < -0.3 is 9.84 Å². The van der Waals surface area contributed by atoms with Gasteiger partial charge in [-0.05, 0) is 42.7 Å². The summed E-state index contributed by atoms with van der Waals surface area (Å²) in [5.41, 5.74) is 2.02. The molecule has 0 aliphatic carbocycles. The van der Waals surface area contributed by atoms with Crippen molar-refractivity contribution in [1.29, 1.82) is 0 Å². The monoisotopic (exact) mass is 243 g/mol. The molecule has 1 atom stereocenters. The molecular weight excluding hydrogens is 226 g/mol. The van der Waals surface area contributed by atoms with Crippen LogP contribution in [0.3, 0.4) is 0 Å². The van der Waals surface area contributed by atoms with Crippen LogP contribution in [0.4, 0.5) is 0 Å². The number of ether oxygens (including phenoxy) is 1. The maximum Gasteiger partial charge on any atom is 0.219 e. The molecule has 1 aromatic heterocycles. The normalized spacial score (nSPS) is 12.2. The Balaban J connectivity index is 2.20. The molecule has 0 saturated carbocycles. The summed E-state index contributed by atoms with van der Waals surface area (Å²) in [6.45, 7) is 3.82. The average molecular weight is 243 g/mol. The standard InChI is InChI=1S/C15H17NO2/c1-3-12-5-4-6-14(9-12)18-15-10-13(11(2)17)7-8-16-15/h4-11,17H,3H2,1-2H3/t11-/m1/s1. The van der Waals surface area contributed by atoms with Crippen molar-refractivity contribution in [3.8, 4) is 11.6 Å². The highest BCUT2D eigenvalue weighted by atomic mass is 16.5. The first-order valence-corrected chi connectivity index (χ1v) is 6.10. The van der Waals surface area contributed by atoms with Crippen LogP contribution in [0.1, 0.15) is 31.1 Å². The second kappa shape index (κ2) is 5.65. The molecule has 0 aliphatic rings. The molecule has 2 aromatic rings. The fraction of sp³-hybridized carbons (Fsp3) is 0.267. The molecule has 0 spiro atoms. The third-order valence-electron chi connectivity index (χ3n) is 2.77. The highest BCUT2D eigenvalue weighted by molar-refractivity contribution is 5.32. The van der Waals surface area contributed by atoms with E-state index >= 15 is 0 Å². The van der Waals surface area contributed by atoms with Gasteiger partial charge in [0.05, 0.1) is 6.10 Å². The Labute approximate surface area is 107 Å². The van der Waals surface area contributed by atoms with Crippen LogP contribution >= 0.6 is 0 Å². The van der Waals surface area contributed by atoms with Crippen molar-refractivity contribution in [2.24, 2.45) is 0 Å². The Morgan fingerprint density at radius 3 is 2.83 bits per heavy atom. The van der Waals surface area contributed by atoms with Crippen molar-refractivity contribution in [2.45, 2.75) is 26.4 Å². The predicted molar refractivity (Wildman–Crippen MR) is 70.8 cm³/mol. The van der Waals surface area contributed by atoms with Crippen molar-refractivity contribution in [1.82, 2.24) is 4.98 Å². The summed E-state index contributed by atoms with van der Waals surface area (Å²) in [6.07, 6.45) is 2.09. The summed E-state index contributed by atoms with van der Waals surface area (Å²) in [5.74, 6) is 1.27. The first kappa shape index (κ1) is 12.6. The molecule has 1 N–H and O–H groups in total. The van der Waals surface area contributed by atoms with Gasteiger partial charge in [0.1, 0.15) is 5.75 Å². The van der Waals surface area contributed by atoms with Crippen molar-refractivity contribution in [2.75, 3.05) is 0 Å². The van der Waals surface area contributed by atoms with Crippen molar-refractivity contribution < 1.29 is 9.84 Å². The van der Waals surface area contributed by atoms with Gasteiger partial charge in [-0.25, -0.2) is 4.98 Å². The third-order valence-corrected chi connectivity index (χ3v) is 2.77. The minimum absolute atomic E-state index is 0.502. The summed E-state index contributed by atoms with van der Waals surface area (Å²) < 4.78 is 5.69. The van der Waals surface area contributed by atoms with Gasteiger partial charge in [-0.3, -0.25) is 0 Å². The smallest absolute Gasteiger partial charge is 0.219 e. The van der Waals surface area contributed by atoms with E-state index in [4.69, 9.17) is 4.74 Å². The summed E-state index contributed by atoms with van der Waals surface area (Å²) in [4.78, 5) is 4.14. The Bertz CT molecular complexity index is 523. The Morgan fingerprint density at radius 1 is 1.28 bits per heavy atom. The molecule has 0 aliphatic heterocycles. The number of rotatable bonds is 4. The number of pyridine rings is 1. The zero-order chi connectivity index (χ0) is 13.0. The summed E-state index contributed by atoms with van der Waals surface area (Å²) >= 11 is 0. The van der Waals surface area contributed by atoms with E-state index in [2.05, 4.69) is 18.0 Å². The van der Waals surface area contributed by atoms with Gasteiger partial charge in [-0.15, -0.1) is 0 Å². The summed E-state index contributed by atoms with van der Waals surface area (Å²) in [5, 5.41) is 9.51. The molecule has 0 bridgehead atoms. The van der Waals surface area contributed by atoms with E-state index in [0.29, 0.717) is 5.88 Å². The van der Waals surface area contributed by atoms with Gasteiger partial charge in [0.25, 0.3) is 0 Å². The second-order valence-electron chi connectivity index (χ2n) is 4.21. The lowest BCUT2D eigenvalue weighted by Gasteiger charge is -2.09. The molecule has 3 heteroatoms. The van der Waals surface area contributed by atoms with Crippen LogP contribution in [0.15, 0.2) is 42.6 Å². The summed E-state index contributed by atoms with van der Waals surface area (Å²) in [7, 11) is 0. The van der Waals surface area contributed by atoms with Crippen LogP contribution in [-0.4, -0.2) is 10.1 Å². The molecule has 94 valence electrons. The SMILES string of the molecule is CCc1cccc(Oc2cc([C@@H](C)O)ccn2)c1. The first-order valence-electron chi connectivity index (χ1n) is 6.10. The lowest BCUT2D eigenvalue weighted by Crippen LogP contribution is -1.94. The maximum atomic E-state index is 9.51. The van der Waals surface area contributed by atoms with E-state index in [1.54, 1.807) is 25.3 Å². The van der Waals surface area contributed by atoms with E-state index in [-0.39, 0.29) is 0 Å². The molecule has 0 saturated heterocycles. The quantitative estimate of drug-likeness (QED) is 0.893. The highest BCUT2D eigenvalue weighted by Crippen LogP contribution is 2.23. The highest BCUT2D eigenvalue weighted by Gasteiger charge is 2.04. The topological polar surface area (TPSA) is 42.4 Å². The Kier molecular flexibility index (Phi) is 3.95. The molecule has 2 rings (SSSR count). The molecular formula is C15H17NO2. The third kappa shape index (κ3) is 3.08. The number of aliphatic hydroxyl groups is 1. The van der Waals surface area contributed by atoms with Crippen LogP contribution in [0.2, 0.25) is 0 Å². The molecule has 0 unspecified atom stereocenters. The van der Waals surface area contributed by atoms with E-state index in [1.165, 1.54) is 5.56 Å². The van der Waals surface area contributed by atoms with Gasteiger partial charge in [-0.1, -0.05) is 19.1 Å². The molecule has 1 heterocycles. The van der Waals surface area contributed by atoms with Crippen LogP contribution in [0.25, 0.3) is 0 Å². The lowest BCUT2D eigenvalue weighted by atomic mass is 10.1. The molecule has 0 radical (unpaired) electrons. The zero-order valence-corrected chi connectivity index (χ0v) is 10.6. The van der Waals surface area contributed by atoms with Gasteiger partial charge >= 0.3 is 0 Å². The van der Waals surface area contributed by atoms with Crippen molar-refractivity contribution >= 4 is 0 Å². The van der Waals surface area contributed by atoms with Crippen LogP contribution in [0, 0.1) is 0 Å². The minimum Gasteiger partial charge on any atom is -0.439 e. The number of hydrogen-bond acceptors (Lipinski definition) is 3. The number of benzene rings is 1. The molecule has 0 amide bonds. The molecule has 1 aromatic carbocycles. The maximum absolute atomic E-state index is 9.51. The van der Waals surface area contributed by atoms with Crippen LogP contribution in [0.5, 0.6) is 11.6 Å². The van der Waals surface area contributed by atoms with E-state index in [0.717, 1.165) is 17.7 Å². The number of nitrogens with zero attached hydrogens (tertiary/aromatic N) is 1. The lowest BCUT2D eigenvalue weighted by molar-refractivity contribution is 0.198.